The Kier molecular flexibility index (Phi) is 4.80. The van der Waals surface area contributed by atoms with Crippen molar-refractivity contribution >= 4 is 11.8 Å². The van der Waals surface area contributed by atoms with Crippen LogP contribution in [0.5, 0.6) is 0 Å². The highest BCUT2D eigenvalue weighted by atomic mass is 16.5. The van der Waals surface area contributed by atoms with Crippen LogP contribution in [-0.4, -0.2) is 50.1 Å². The van der Waals surface area contributed by atoms with E-state index in [4.69, 9.17) is 4.74 Å². The van der Waals surface area contributed by atoms with Crippen molar-refractivity contribution in [2.24, 2.45) is 5.41 Å². The van der Waals surface area contributed by atoms with Gasteiger partial charge in [0.05, 0.1) is 6.61 Å². The zero-order valence-corrected chi connectivity index (χ0v) is 11.7. The Hall–Kier alpha value is -1.10. The van der Waals surface area contributed by atoms with Gasteiger partial charge in [-0.2, -0.15) is 0 Å². The number of nitrogens with one attached hydrogen (secondary N) is 1. The largest absolute Gasteiger partial charge is 0.384 e. The molecule has 0 unspecified atom stereocenters. The molecule has 108 valence electrons. The van der Waals surface area contributed by atoms with Crippen molar-refractivity contribution in [3.63, 3.8) is 0 Å². The minimum absolute atomic E-state index is 0.0917. The van der Waals surface area contributed by atoms with Crippen LogP contribution in [-0.2, 0) is 14.3 Å². The van der Waals surface area contributed by atoms with Gasteiger partial charge >= 0.3 is 0 Å². The maximum atomic E-state index is 11.7. The van der Waals surface area contributed by atoms with Gasteiger partial charge in [-0.25, -0.2) is 0 Å². The van der Waals surface area contributed by atoms with E-state index in [1.54, 1.807) is 7.11 Å². The van der Waals surface area contributed by atoms with Crippen LogP contribution < -0.4 is 5.32 Å². The third kappa shape index (κ3) is 4.20. The Balaban J connectivity index is 1.56. The van der Waals surface area contributed by atoms with Gasteiger partial charge in [0.2, 0.25) is 11.8 Å². The summed E-state index contributed by atoms with van der Waals surface area (Å²) in [6.45, 7) is 3.03. The molecule has 5 nitrogen and oxygen atoms in total. The minimum Gasteiger partial charge on any atom is -0.384 e. The second-order valence-corrected chi connectivity index (χ2v) is 5.80. The summed E-state index contributed by atoms with van der Waals surface area (Å²) in [5.74, 6) is 0.325. The number of rotatable bonds is 8. The van der Waals surface area contributed by atoms with Crippen LogP contribution in [0.1, 0.15) is 38.5 Å². The molecule has 2 amide bonds. The lowest BCUT2D eigenvalue weighted by Crippen LogP contribution is -2.33. The monoisotopic (exact) mass is 268 g/mol. The van der Waals surface area contributed by atoms with Crippen molar-refractivity contribution in [2.75, 3.05) is 33.4 Å². The van der Waals surface area contributed by atoms with E-state index >= 15 is 0 Å². The fourth-order valence-corrected chi connectivity index (χ4v) is 2.60. The SMILES string of the molecule is COCC1(CNC(=O)CCCN2CCCC2=O)CC1. The van der Waals surface area contributed by atoms with E-state index in [2.05, 4.69) is 5.32 Å². The van der Waals surface area contributed by atoms with Crippen LogP contribution in [0.15, 0.2) is 0 Å². The van der Waals surface area contributed by atoms with Gasteiger partial charge in [-0.15, -0.1) is 0 Å². The molecule has 1 aliphatic carbocycles. The Morgan fingerprint density at radius 2 is 2.26 bits per heavy atom. The molecule has 0 bridgehead atoms. The Bertz CT molecular complexity index is 340. The van der Waals surface area contributed by atoms with E-state index in [1.165, 1.54) is 0 Å². The lowest BCUT2D eigenvalue weighted by Gasteiger charge is -2.16. The first-order valence-electron chi connectivity index (χ1n) is 7.19. The number of amides is 2. The number of carbonyl (C=O) groups is 2. The predicted octanol–water partition coefficient (Wildman–Crippen LogP) is 0.932. The molecule has 2 fully saturated rings. The molecule has 1 aliphatic heterocycles. The molecule has 1 N–H and O–H groups in total. The average molecular weight is 268 g/mol. The van der Waals surface area contributed by atoms with Gasteiger partial charge in [-0.3, -0.25) is 9.59 Å². The van der Waals surface area contributed by atoms with Gasteiger partial charge < -0.3 is 15.0 Å². The molecular formula is C14H24N2O3. The van der Waals surface area contributed by atoms with Gasteiger partial charge in [-0.05, 0) is 25.7 Å². The predicted molar refractivity (Wildman–Crippen MR) is 71.6 cm³/mol. The molecule has 2 aliphatic rings. The van der Waals surface area contributed by atoms with Crippen molar-refractivity contribution < 1.29 is 14.3 Å². The lowest BCUT2D eigenvalue weighted by atomic mass is 10.1. The normalized spacial score (nSPS) is 20.7. The van der Waals surface area contributed by atoms with Crippen LogP contribution in [0.4, 0.5) is 0 Å². The zero-order valence-electron chi connectivity index (χ0n) is 11.7. The van der Waals surface area contributed by atoms with E-state index in [-0.39, 0.29) is 17.2 Å². The fraction of sp³-hybridized carbons (Fsp3) is 0.857. The molecular weight excluding hydrogens is 244 g/mol. The molecule has 0 aromatic rings. The fourth-order valence-electron chi connectivity index (χ4n) is 2.60. The van der Waals surface area contributed by atoms with Gasteiger partial charge in [0.25, 0.3) is 0 Å². The van der Waals surface area contributed by atoms with Crippen molar-refractivity contribution in [1.82, 2.24) is 10.2 Å². The van der Waals surface area contributed by atoms with Crippen LogP contribution in [0.25, 0.3) is 0 Å². The highest BCUT2D eigenvalue weighted by molar-refractivity contribution is 5.78. The average Bonchev–Trinajstić information content (AvgIpc) is 3.04. The maximum Gasteiger partial charge on any atom is 0.222 e. The third-order valence-corrected chi connectivity index (χ3v) is 4.07. The van der Waals surface area contributed by atoms with Gasteiger partial charge in [0.1, 0.15) is 0 Å². The summed E-state index contributed by atoms with van der Waals surface area (Å²) < 4.78 is 5.17. The number of hydrogen-bond acceptors (Lipinski definition) is 3. The smallest absolute Gasteiger partial charge is 0.222 e. The van der Waals surface area contributed by atoms with E-state index in [0.717, 1.165) is 51.9 Å². The van der Waals surface area contributed by atoms with Gasteiger partial charge in [-0.1, -0.05) is 0 Å². The highest BCUT2D eigenvalue weighted by Crippen LogP contribution is 2.44. The number of ether oxygens (including phenoxy) is 1. The molecule has 0 spiro atoms. The summed E-state index contributed by atoms with van der Waals surface area (Å²) >= 11 is 0. The van der Waals surface area contributed by atoms with E-state index < -0.39 is 0 Å². The summed E-state index contributed by atoms with van der Waals surface area (Å²) in [6.07, 6.45) is 5.19. The van der Waals surface area contributed by atoms with Crippen molar-refractivity contribution in [3.05, 3.63) is 0 Å². The van der Waals surface area contributed by atoms with Crippen LogP contribution >= 0.6 is 0 Å². The first kappa shape index (κ1) is 14.3. The molecule has 19 heavy (non-hydrogen) atoms. The second kappa shape index (κ2) is 6.37. The second-order valence-electron chi connectivity index (χ2n) is 5.80. The van der Waals surface area contributed by atoms with Gasteiger partial charge in [0.15, 0.2) is 0 Å². The Morgan fingerprint density at radius 3 is 2.84 bits per heavy atom. The topological polar surface area (TPSA) is 58.6 Å². The summed E-state index contributed by atoms with van der Waals surface area (Å²) in [5, 5.41) is 2.98. The first-order valence-corrected chi connectivity index (χ1v) is 7.19. The third-order valence-electron chi connectivity index (χ3n) is 4.07. The number of likely N-dealkylation sites (tertiary alicyclic amines) is 1. The van der Waals surface area contributed by atoms with Crippen LogP contribution in [0.2, 0.25) is 0 Å². The summed E-state index contributed by atoms with van der Waals surface area (Å²) in [4.78, 5) is 25.0. The van der Waals surface area contributed by atoms with Crippen molar-refractivity contribution in [2.45, 2.75) is 38.5 Å². The molecule has 0 aromatic carbocycles. The molecule has 0 aromatic heterocycles. The summed E-state index contributed by atoms with van der Waals surface area (Å²) in [5.41, 5.74) is 0.204. The maximum absolute atomic E-state index is 11.7. The standard InChI is InChI=1S/C14H24N2O3/c1-19-11-14(6-7-14)10-15-12(17)4-2-8-16-9-3-5-13(16)18/h2-11H2,1H3,(H,15,17). The molecule has 1 saturated heterocycles. The zero-order chi connectivity index (χ0) is 13.7. The molecule has 0 radical (unpaired) electrons. The van der Waals surface area contributed by atoms with E-state index in [1.807, 2.05) is 4.90 Å². The van der Waals surface area contributed by atoms with Crippen LogP contribution in [0.3, 0.4) is 0 Å². The molecule has 0 atom stereocenters. The molecule has 1 saturated carbocycles. The molecule has 2 rings (SSSR count). The van der Waals surface area contributed by atoms with Crippen LogP contribution in [0, 0.1) is 5.41 Å². The Labute approximate surface area is 114 Å². The van der Waals surface area contributed by atoms with Crippen molar-refractivity contribution in [3.8, 4) is 0 Å². The van der Waals surface area contributed by atoms with E-state index in [0.29, 0.717) is 12.8 Å². The van der Waals surface area contributed by atoms with E-state index in [9.17, 15) is 9.59 Å². The van der Waals surface area contributed by atoms with Crippen molar-refractivity contribution in [1.29, 1.82) is 0 Å². The number of nitrogens with zero attached hydrogens (tertiary/aromatic N) is 1. The minimum atomic E-state index is 0.0917. The molecule has 5 heteroatoms. The summed E-state index contributed by atoms with van der Waals surface area (Å²) in [6, 6.07) is 0. The number of carbonyl (C=O) groups excluding carboxylic acids is 2. The number of hydrogen-bond donors (Lipinski definition) is 1. The highest BCUT2D eigenvalue weighted by Gasteiger charge is 2.42. The first-order chi connectivity index (χ1) is 9.15. The van der Waals surface area contributed by atoms with Gasteiger partial charge in [0, 0.05) is 45.0 Å². The lowest BCUT2D eigenvalue weighted by molar-refractivity contribution is -0.128. The quantitative estimate of drug-likeness (QED) is 0.712. The summed E-state index contributed by atoms with van der Waals surface area (Å²) in [7, 11) is 1.70. The Morgan fingerprint density at radius 1 is 1.47 bits per heavy atom. The number of methoxy groups -OCH3 is 1. The molecule has 1 heterocycles.